The number of fused-ring (bicyclic) bond motifs is 1. The zero-order valence-electron chi connectivity index (χ0n) is 17.3. The van der Waals surface area contributed by atoms with Gasteiger partial charge in [0.1, 0.15) is 0 Å². The van der Waals surface area contributed by atoms with Crippen LogP contribution < -0.4 is 0 Å². The average molecular weight is 396 g/mol. The van der Waals surface area contributed by atoms with Gasteiger partial charge < -0.3 is 14.7 Å². The minimum absolute atomic E-state index is 0.0749. The van der Waals surface area contributed by atoms with Gasteiger partial charge in [-0.2, -0.15) is 5.10 Å². The number of aromatic nitrogens is 2. The monoisotopic (exact) mass is 395 g/mol. The van der Waals surface area contributed by atoms with E-state index >= 15 is 0 Å². The first-order chi connectivity index (χ1) is 13.9. The van der Waals surface area contributed by atoms with Crippen LogP contribution in [-0.4, -0.2) is 83.0 Å². The number of nitrogens with one attached hydrogen (secondary N) is 1. The second-order valence-electron chi connectivity index (χ2n) is 9.31. The van der Waals surface area contributed by atoms with Crippen LogP contribution in [0.15, 0.2) is 18.2 Å². The Labute approximate surface area is 171 Å². The van der Waals surface area contributed by atoms with Gasteiger partial charge in [0.25, 0.3) is 5.91 Å². The molecule has 2 aromatic rings. The van der Waals surface area contributed by atoms with Crippen molar-refractivity contribution in [2.24, 2.45) is 11.3 Å². The van der Waals surface area contributed by atoms with E-state index in [0.29, 0.717) is 5.91 Å². The quantitative estimate of drug-likeness (QED) is 0.843. The van der Waals surface area contributed by atoms with E-state index in [0.717, 1.165) is 80.7 Å². The maximum Gasteiger partial charge on any atom is 0.253 e. The summed E-state index contributed by atoms with van der Waals surface area (Å²) in [6.07, 6.45) is 2.96. The van der Waals surface area contributed by atoms with Gasteiger partial charge in [0, 0.05) is 54.8 Å². The summed E-state index contributed by atoms with van der Waals surface area (Å²) >= 11 is 0. The van der Waals surface area contributed by atoms with E-state index in [1.807, 2.05) is 30.0 Å². The fraction of sp³-hybridized carbons (Fsp3) is 0.591. The van der Waals surface area contributed by atoms with E-state index in [2.05, 4.69) is 27.0 Å². The summed E-state index contributed by atoms with van der Waals surface area (Å²) in [4.78, 5) is 32.3. The third kappa shape index (κ3) is 3.21. The molecule has 154 valence electrons. The van der Waals surface area contributed by atoms with E-state index in [4.69, 9.17) is 0 Å². The minimum Gasteiger partial charge on any atom is -0.342 e. The zero-order valence-corrected chi connectivity index (χ0v) is 17.3. The molecule has 2 atom stereocenters. The molecule has 3 fully saturated rings. The summed E-state index contributed by atoms with van der Waals surface area (Å²) < 4.78 is 0. The van der Waals surface area contributed by atoms with E-state index in [9.17, 15) is 9.59 Å². The lowest BCUT2D eigenvalue weighted by molar-refractivity contribution is -0.134. The maximum absolute atomic E-state index is 13.1. The van der Waals surface area contributed by atoms with Crippen molar-refractivity contribution in [3.8, 4) is 0 Å². The van der Waals surface area contributed by atoms with Crippen molar-refractivity contribution in [3.05, 3.63) is 29.5 Å². The molecule has 1 spiro atoms. The Bertz CT molecular complexity index is 969. The third-order valence-corrected chi connectivity index (χ3v) is 7.21. The van der Waals surface area contributed by atoms with Crippen molar-refractivity contribution in [1.29, 1.82) is 0 Å². The summed E-state index contributed by atoms with van der Waals surface area (Å²) in [6.45, 7) is 7.02. The van der Waals surface area contributed by atoms with Crippen molar-refractivity contribution in [3.63, 3.8) is 0 Å². The summed E-state index contributed by atoms with van der Waals surface area (Å²) in [5.74, 6) is 0.558. The number of benzene rings is 1. The van der Waals surface area contributed by atoms with Crippen molar-refractivity contribution < 1.29 is 9.59 Å². The molecule has 1 N–H and O–H groups in total. The molecule has 3 aliphatic heterocycles. The highest BCUT2D eigenvalue weighted by Crippen LogP contribution is 2.40. The average Bonchev–Trinajstić information content (AvgIpc) is 3.50. The van der Waals surface area contributed by atoms with Crippen LogP contribution in [0.25, 0.3) is 10.9 Å². The topological polar surface area (TPSA) is 72.5 Å². The Hall–Kier alpha value is -2.41. The molecule has 0 radical (unpaired) electrons. The molecule has 0 saturated carbocycles. The molecule has 2 unspecified atom stereocenters. The third-order valence-electron chi connectivity index (χ3n) is 7.21. The lowest BCUT2D eigenvalue weighted by Crippen LogP contribution is -2.38. The second kappa shape index (κ2) is 6.83. The molecule has 29 heavy (non-hydrogen) atoms. The number of hydrogen-bond donors (Lipinski definition) is 1. The largest absolute Gasteiger partial charge is 0.342 e. The van der Waals surface area contributed by atoms with E-state index in [1.165, 1.54) is 0 Å². The highest BCUT2D eigenvalue weighted by atomic mass is 16.2. The number of carbonyl (C=O) groups is 2. The number of nitrogens with zero attached hydrogens (tertiary/aromatic N) is 4. The molecule has 3 saturated heterocycles. The number of aromatic amines is 1. The van der Waals surface area contributed by atoms with Crippen LogP contribution in [0.2, 0.25) is 0 Å². The van der Waals surface area contributed by atoms with E-state index < -0.39 is 0 Å². The summed E-state index contributed by atoms with van der Waals surface area (Å²) in [5.41, 5.74) is 2.67. The first kappa shape index (κ1) is 18.6. The Morgan fingerprint density at radius 3 is 2.66 bits per heavy atom. The molecule has 0 bridgehead atoms. The first-order valence-electron chi connectivity index (χ1n) is 10.7. The van der Waals surface area contributed by atoms with Gasteiger partial charge in [0.05, 0.1) is 11.4 Å². The minimum atomic E-state index is 0.0749. The molecule has 7 nitrogen and oxygen atoms in total. The Morgan fingerprint density at radius 2 is 1.90 bits per heavy atom. The fourth-order valence-electron chi connectivity index (χ4n) is 5.41. The molecule has 7 heteroatoms. The zero-order chi connectivity index (χ0) is 20.2. The number of H-pyrrole nitrogens is 1. The molecule has 4 heterocycles. The van der Waals surface area contributed by atoms with Crippen molar-refractivity contribution in [2.45, 2.75) is 26.2 Å². The fourth-order valence-corrected chi connectivity index (χ4v) is 5.41. The van der Waals surface area contributed by atoms with Gasteiger partial charge in [-0.15, -0.1) is 0 Å². The number of likely N-dealkylation sites (tertiary alicyclic amines) is 3. The number of hydrogen-bond acceptors (Lipinski definition) is 4. The smallest absolute Gasteiger partial charge is 0.253 e. The van der Waals surface area contributed by atoms with E-state index in [-0.39, 0.29) is 17.2 Å². The highest BCUT2D eigenvalue weighted by molar-refractivity contribution is 5.98. The summed E-state index contributed by atoms with van der Waals surface area (Å²) in [7, 11) is 2.08. The Morgan fingerprint density at radius 1 is 1.14 bits per heavy atom. The summed E-state index contributed by atoms with van der Waals surface area (Å²) in [5, 5.41) is 8.23. The van der Waals surface area contributed by atoms with Crippen LogP contribution in [0.5, 0.6) is 0 Å². The lowest BCUT2D eigenvalue weighted by Gasteiger charge is -2.26. The summed E-state index contributed by atoms with van der Waals surface area (Å²) in [6, 6.07) is 5.73. The number of amides is 2. The van der Waals surface area contributed by atoms with Gasteiger partial charge in [-0.3, -0.25) is 14.7 Å². The van der Waals surface area contributed by atoms with Crippen LogP contribution in [0.1, 0.15) is 35.3 Å². The Balaban J connectivity index is 1.26. The molecular weight excluding hydrogens is 366 g/mol. The Kier molecular flexibility index (Phi) is 4.38. The normalized spacial score (nSPS) is 27.6. The van der Waals surface area contributed by atoms with Crippen LogP contribution in [0.4, 0.5) is 0 Å². The maximum atomic E-state index is 13.1. The standard InChI is InChI=1S/C22H29N5O2/c1-15-18-11-16(3-4-19(18)24-23-15)20(28)26-9-6-22(13-26)7-10-27(14-22)21(29)17-5-8-25(2)12-17/h3-4,11,17H,5-10,12-14H2,1-2H3,(H,23,24). The molecule has 1 aromatic carbocycles. The van der Waals surface area contributed by atoms with Crippen molar-refractivity contribution in [1.82, 2.24) is 24.9 Å². The number of rotatable bonds is 2. The van der Waals surface area contributed by atoms with E-state index in [1.54, 1.807) is 0 Å². The lowest BCUT2D eigenvalue weighted by atomic mass is 9.86. The van der Waals surface area contributed by atoms with Gasteiger partial charge in [-0.1, -0.05) is 0 Å². The molecule has 3 aliphatic rings. The molecular formula is C22H29N5O2. The highest BCUT2D eigenvalue weighted by Gasteiger charge is 2.47. The molecule has 5 rings (SSSR count). The first-order valence-corrected chi connectivity index (χ1v) is 10.7. The van der Waals surface area contributed by atoms with Crippen molar-refractivity contribution >= 4 is 22.7 Å². The van der Waals surface area contributed by atoms with Gasteiger partial charge in [0.2, 0.25) is 5.91 Å². The number of aryl methyl sites for hydroxylation is 1. The SMILES string of the molecule is Cc1[nH]nc2ccc(C(=O)N3CCC4(CCN(C(=O)C5CCN(C)C5)C4)C3)cc12. The van der Waals surface area contributed by atoms with Crippen LogP contribution in [0, 0.1) is 18.3 Å². The van der Waals surface area contributed by atoms with Crippen LogP contribution in [-0.2, 0) is 4.79 Å². The molecule has 2 amide bonds. The van der Waals surface area contributed by atoms with Crippen LogP contribution in [0.3, 0.4) is 0 Å². The number of carbonyl (C=O) groups excluding carboxylic acids is 2. The predicted octanol–water partition coefficient (Wildman–Crippen LogP) is 1.89. The van der Waals surface area contributed by atoms with Crippen molar-refractivity contribution in [2.75, 3.05) is 46.3 Å². The van der Waals surface area contributed by atoms with Gasteiger partial charge in [-0.05, 0) is 58.0 Å². The van der Waals surface area contributed by atoms with Crippen LogP contribution >= 0.6 is 0 Å². The molecule has 0 aliphatic carbocycles. The van der Waals surface area contributed by atoms with Gasteiger partial charge >= 0.3 is 0 Å². The molecule has 1 aromatic heterocycles. The van der Waals surface area contributed by atoms with Gasteiger partial charge in [-0.25, -0.2) is 0 Å². The van der Waals surface area contributed by atoms with Gasteiger partial charge in [0.15, 0.2) is 0 Å². The predicted molar refractivity (Wildman–Crippen MR) is 111 cm³/mol. The second-order valence-corrected chi connectivity index (χ2v) is 9.31.